The second-order valence-electron chi connectivity index (χ2n) is 5.09. The van der Waals surface area contributed by atoms with Gasteiger partial charge in [-0.1, -0.05) is 18.2 Å². The van der Waals surface area contributed by atoms with Crippen molar-refractivity contribution in [2.45, 2.75) is 12.0 Å². The monoisotopic (exact) mass is 319 g/mol. The van der Waals surface area contributed by atoms with E-state index in [0.29, 0.717) is 28.7 Å². The van der Waals surface area contributed by atoms with E-state index in [9.17, 15) is 19.5 Å². The molecule has 1 aromatic heterocycles. The lowest BCUT2D eigenvalue weighted by molar-refractivity contribution is -0.143. The summed E-state index contributed by atoms with van der Waals surface area (Å²) >= 11 is 1.48. The Balaban J connectivity index is 2.01. The van der Waals surface area contributed by atoms with E-state index in [2.05, 4.69) is 15.5 Å². The molecule has 0 spiro atoms. The van der Waals surface area contributed by atoms with Gasteiger partial charge in [-0.15, -0.1) is 0 Å². The van der Waals surface area contributed by atoms with Crippen LogP contribution >= 0.6 is 11.8 Å². The summed E-state index contributed by atoms with van der Waals surface area (Å²) < 4.78 is 0. The standard InChI is InChI=1S/C14H13N3O4S/c18-11-9-4-2-1-3-8(9)10(16-17-11)12(19)15-14(13(20)21)5-6-22-7-14/h1-4H,5-7H2,(H,15,19)(H,17,18)(H,20,21). The van der Waals surface area contributed by atoms with Gasteiger partial charge in [0.2, 0.25) is 0 Å². The highest BCUT2D eigenvalue weighted by molar-refractivity contribution is 7.99. The number of aliphatic carboxylic acids is 1. The predicted octanol–water partition coefficient (Wildman–Crippen LogP) is 0.613. The number of nitrogens with zero attached hydrogens (tertiary/aromatic N) is 1. The lowest BCUT2D eigenvalue weighted by Crippen LogP contribution is -2.55. The third-order valence-corrected chi connectivity index (χ3v) is 4.88. The molecule has 3 rings (SSSR count). The predicted molar refractivity (Wildman–Crippen MR) is 82.1 cm³/mol. The Kier molecular flexibility index (Phi) is 3.61. The van der Waals surface area contributed by atoms with Crippen LogP contribution in [-0.2, 0) is 4.79 Å². The number of hydrogen-bond acceptors (Lipinski definition) is 5. The summed E-state index contributed by atoms with van der Waals surface area (Å²) in [5.41, 5.74) is -1.65. The summed E-state index contributed by atoms with van der Waals surface area (Å²) in [6.45, 7) is 0. The zero-order valence-electron chi connectivity index (χ0n) is 11.5. The third-order valence-electron chi connectivity index (χ3n) is 3.69. The molecular weight excluding hydrogens is 306 g/mol. The van der Waals surface area contributed by atoms with Gasteiger partial charge in [0.1, 0.15) is 5.54 Å². The first-order valence-corrected chi connectivity index (χ1v) is 7.80. The number of rotatable bonds is 3. The molecule has 114 valence electrons. The molecule has 1 unspecified atom stereocenters. The number of H-pyrrole nitrogens is 1. The average Bonchev–Trinajstić information content (AvgIpc) is 2.97. The first-order valence-electron chi connectivity index (χ1n) is 6.65. The zero-order valence-corrected chi connectivity index (χ0v) is 12.3. The molecule has 1 amide bonds. The van der Waals surface area contributed by atoms with Crippen molar-refractivity contribution >= 4 is 34.4 Å². The Bertz CT molecular complexity index is 811. The number of hydrogen-bond donors (Lipinski definition) is 3. The van der Waals surface area contributed by atoms with Gasteiger partial charge in [-0.3, -0.25) is 9.59 Å². The average molecular weight is 319 g/mol. The van der Waals surface area contributed by atoms with Crippen LogP contribution in [0, 0.1) is 0 Å². The van der Waals surface area contributed by atoms with Crippen LogP contribution in [-0.4, -0.2) is 44.2 Å². The molecule has 22 heavy (non-hydrogen) atoms. The minimum atomic E-state index is -1.28. The summed E-state index contributed by atoms with van der Waals surface area (Å²) in [5, 5.41) is 18.8. The number of carbonyl (C=O) groups is 2. The smallest absolute Gasteiger partial charge is 0.330 e. The highest BCUT2D eigenvalue weighted by Gasteiger charge is 2.43. The lowest BCUT2D eigenvalue weighted by atomic mass is 9.98. The molecule has 1 aromatic carbocycles. The summed E-state index contributed by atoms with van der Waals surface area (Å²) in [5.74, 6) is -0.668. The van der Waals surface area contributed by atoms with Crippen molar-refractivity contribution in [3.05, 3.63) is 40.3 Å². The minimum Gasteiger partial charge on any atom is -0.479 e. The number of carbonyl (C=O) groups excluding carboxylic acids is 1. The van der Waals surface area contributed by atoms with Crippen LogP contribution in [0.25, 0.3) is 10.8 Å². The number of carboxylic acid groups (broad SMARTS) is 1. The summed E-state index contributed by atoms with van der Waals surface area (Å²) in [6.07, 6.45) is 0.361. The number of aromatic amines is 1. The van der Waals surface area contributed by atoms with Gasteiger partial charge in [0.25, 0.3) is 11.5 Å². The maximum Gasteiger partial charge on any atom is 0.330 e. The number of nitrogens with one attached hydrogen (secondary N) is 2. The van der Waals surface area contributed by atoms with Crippen molar-refractivity contribution in [1.29, 1.82) is 0 Å². The Labute approximate surface area is 129 Å². The van der Waals surface area contributed by atoms with Gasteiger partial charge in [-0.05, 0) is 18.2 Å². The highest BCUT2D eigenvalue weighted by Crippen LogP contribution is 2.28. The molecule has 1 aliphatic heterocycles. The normalized spacial score (nSPS) is 20.9. The fourth-order valence-electron chi connectivity index (χ4n) is 2.45. The molecule has 2 aromatic rings. The van der Waals surface area contributed by atoms with E-state index in [0.717, 1.165) is 0 Å². The van der Waals surface area contributed by atoms with Crippen LogP contribution in [0.4, 0.5) is 0 Å². The molecule has 0 saturated carbocycles. The first kappa shape index (κ1) is 14.6. The molecule has 1 saturated heterocycles. The molecule has 7 nitrogen and oxygen atoms in total. The van der Waals surface area contributed by atoms with Crippen molar-refractivity contribution in [2.24, 2.45) is 0 Å². The molecule has 1 aliphatic rings. The fourth-order valence-corrected chi connectivity index (χ4v) is 3.78. The number of fused-ring (bicyclic) bond motifs is 1. The van der Waals surface area contributed by atoms with Crippen molar-refractivity contribution in [3.8, 4) is 0 Å². The number of benzene rings is 1. The van der Waals surface area contributed by atoms with Gasteiger partial charge < -0.3 is 10.4 Å². The van der Waals surface area contributed by atoms with Crippen molar-refractivity contribution < 1.29 is 14.7 Å². The van der Waals surface area contributed by atoms with Gasteiger partial charge >= 0.3 is 5.97 Å². The van der Waals surface area contributed by atoms with Crippen LogP contribution in [0.15, 0.2) is 29.1 Å². The van der Waals surface area contributed by atoms with Gasteiger partial charge in [-0.25, -0.2) is 9.89 Å². The first-order chi connectivity index (χ1) is 10.5. The Morgan fingerprint density at radius 3 is 2.68 bits per heavy atom. The van der Waals surface area contributed by atoms with Crippen LogP contribution in [0.3, 0.4) is 0 Å². The van der Waals surface area contributed by atoms with Crippen LogP contribution in [0.2, 0.25) is 0 Å². The summed E-state index contributed by atoms with van der Waals surface area (Å²) in [4.78, 5) is 35.7. The molecular formula is C14H13N3O4S. The molecule has 0 radical (unpaired) electrons. The van der Waals surface area contributed by atoms with Crippen molar-refractivity contribution in [1.82, 2.24) is 15.5 Å². The SMILES string of the molecule is O=C(NC1(C(=O)O)CCSC1)c1n[nH]c(=O)c2ccccc12. The number of thioether (sulfide) groups is 1. The molecule has 0 bridgehead atoms. The van der Waals surface area contributed by atoms with Crippen LogP contribution in [0.5, 0.6) is 0 Å². The summed E-state index contributed by atoms with van der Waals surface area (Å²) in [7, 11) is 0. The van der Waals surface area contributed by atoms with Gasteiger partial charge in [-0.2, -0.15) is 16.9 Å². The van der Waals surface area contributed by atoms with Gasteiger partial charge in [0, 0.05) is 11.1 Å². The molecule has 0 aliphatic carbocycles. The van der Waals surface area contributed by atoms with Crippen molar-refractivity contribution in [2.75, 3.05) is 11.5 Å². The topological polar surface area (TPSA) is 112 Å². The fraction of sp³-hybridized carbons (Fsp3) is 0.286. The minimum absolute atomic E-state index is 0.0210. The van der Waals surface area contributed by atoms with E-state index in [-0.39, 0.29) is 5.69 Å². The van der Waals surface area contributed by atoms with Crippen LogP contribution in [0.1, 0.15) is 16.9 Å². The van der Waals surface area contributed by atoms with Crippen molar-refractivity contribution in [3.63, 3.8) is 0 Å². The number of aromatic nitrogens is 2. The summed E-state index contributed by atoms with van der Waals surface area (Å²) in [6, 6.07) is 6.58. The van der Waals surface area contributed by atoms with Gasteiger partial charge in [0.15, 0.2) is 5.69 Å². The highest BCUT2D eigenvalue weighted by atomic mass is 32.2. The molecule has 1 fully saturated rings. The Hall–Kier alpha value is -2.35. The van der Waals surface area contributed by atoms with Crippen LogP contribution < -0.4 is 10.9 Å². The second-order valence-corrected chi connectivity index (χ2v) is 6.20. The van der Waals surface area contributed by atoms with E-state index in [1.54, 1.807) is 24.3 Å². The maximum atomic E-state index is 12.5. The van der Waals surface area contributed by atoms with E-state index in [4.69, 9.17) is 0 Å². The van der Waals surface area contributed by atoms with E-state index < -0.39 is 23.0 Å². The zero-order chi connectivity index (χ0) is 15.7. The van der Waals surface area contributed by atoms with E-state index in [1.807, 2.05) is 0 Å². The molecule has 2 heterocycles. The number of amides is 1. The third kappa shape index (κ3) is 2.35. The quantitative estimate of drug-likeness (QED) is 0.764. The number of carboxylic acids is 1. The molecule has 3 N–H and O–H groups in total. The van der Waals surface area contributed by atoms with Gasteiger partial charge in [0.05, 0.1) is 5.39 Å². The Morgan fingerprint density at radius 1 is 1.32 bits per heavy atom. The largest absolute Gasteiger partial charge is 0.479 e. The second kappa shape index (κ2) is 5.45. The maximum absolute atomic E-state index is 12.5. The Morgan fingerprint density at radius 2 is 2.05 bits per heavy atom. The lowest BCUT2D eigenvalue weighted by Gasteiger charge is -2.24. The molecule has 1 atom stereocenters. The molecule has 8 heteroatoms. The van der Waals surface area contributed by atoms with E-state index >= 15 is 0 Å². The van der Waals surface area contributed by atoms with E-state index in [1.165, 1.54) is 11.8 Å².